The van der Waals surface area contributed by atoms with Crippen LogP contribution in [0, 0.1) is 5.92 Å². The molecule has 1 aliphatic carbocycles. The summed E-state index contributed by atoms with van der Waals surface area (Å²) < 4.78 is 1.92. The Bertz CT molecular complexity index is 440. The molecule has 1 fully saturated rings. The normalized spacial score (nSPS) is 33.2. The van der Waals surface area contributed by atoms with Crippen LogP contribution < -0.4 is 0 Å². The smallest absolute Gasteiger partial charge is 0.0192 e. The van der Waals surface area contributed by atoms with Gasteiger partial charge in [0.2, 0.25) is 0 Å². The molecule has 2 atom stereocenters. The van der Waals surface area contributed by atoms with Crippen molar-refractivity contribution in [3.05, 3.63) is 41.5 Å². The third kappa shape index (κ3) is 1.35. The van der Waals surface area contributed by atoms with Gasteiger partial charge in [0, 0.05) is 18.5 Å². The summed E-state index contributed by atoms with van der Waals surface area (Å²) in [5.74, 6) is 0.582. The zero-order valence-electron chi connectivity index (χ0n) is 9.49. The Kier molecular flexibility index (Phi) is 2.34. The highest BCUT2D eigenvalue weighted by Crippen LogP contribution is 2.46. The predicted octanol–water partition coefficient (Wildman–Crippen LogP) is 3.45. The zero-order chi connectivity index (χ0) is 11.2. The van der Waals surface area contributed by atoms with Gasteiger partial charge in [-0.05, 0) is 35.2 Å². The molecule has 2 unspecified atom stereocenters. The average Bonchev–Trinajstić information content (AvgIpc) is 2.65. The van der Waals surface area contributed by atoms with E-state index in [2.05, 4.69) is 43.3 Å². The number of allylic oxidation sites excluding steroid dienone is 1. The highest BCUT2D eigenvalue weighted by atomic mass is 35.5. The summed E-state index contributed by atoms with van der Waals surface area (Å²) in [6.45, 7) is 4.26. The quantitative estimate of drug-likeness (QED) is 0.621. The standard InChI is InChI=1S/C14H16ClN/c1-11-10-16(15)9-8-14(11)7-6-12-4-2-3-5-13(12)14/h2-7,11H,8-10H2,1H3. The fraction of sp³-hybridized carbons (Fsp3) is 0.429. The lowest BCUT2D eigenvalue weighted by Gasteiger charge is -2.42. The first-order valence-corrected chi connectivity index (χ1v) is 6.26. The highest BCUT2D eigenvalue weighted by molar-refractivity contribution is 6.13. The molecule has 2 aliphatic rings. The van der Waals surface area contributed by atoms with Crippen LogP contribution in [-0.4, -0.2) is 17.5 Å². The molecular formula is C14H16ClN. The van der Waals surface area contributed by atoms with E-state index >= 15 is 0 Å². The van der Waals surface area contributed by atoms with E-state index in [-0.39, 0.29) is 5.41 Å². The Morgan fingerprint density at radius 2 is 2.19 bits per heavy atom. The van der Waals surface area contributed by atoms with E-state index in [1.165, 1.54) is 11.1 Å². The molecule has 2 heteroatoms. The van der Waals surface area contributed by atoms with E-state index in [4.69, 9.17) is 11.8 Å². The van der Waals surface area contributed by atoms with Crippen LogP contribution in [-0.2, 0) is 5.41 Å². The average molecular weight is 234 g/mol. The maximum atomic E-state index is 6.11. The number of rotatable bonds is 0. The van der Waals surface area contributed by atoms with Crippen molar-refractivity contribution in [3.63, 3.8) is 0 Å². The lowest BCUT2D eigenvalue weighted by molar-refractivity contribution is 0.203. The summed E-state index contributed by atoms with van der Waals surface area (Å²) in [7, 11) is 0. The second kappa shape index (κ2) is 3.61. The number of benzene rings is 1. The first kappa shape index (κ1) is 10.4. The fourth-order valence-electron chi connectivity index (χ4n) is 3.15. The number of fused-ring (bicyclic) bond motifs is 2. The minimum Gasteiger partial charge on any atom is -0.220 e. The van der Waals surface area contributed by atoms with Crippen molar-refractivity contribution >= 4 is 17.9 Å². The molecule has 1 saturated heterocycles. The van der Waals surface area contributed by atoms with Crippen LogP contribution in [0.5, 0.6) is 0 Å². The molecule has 0 radical (unpaired) electrons. The summed E-state index contributed by atoms with van der Waals surface area (Å²) >= 11 is 6.11. The van der Waals surface area contributed by atoms with E-state index < -0.39 is 0 Å². The van der Waals surface area contributed by atoms with Crippen LogP contribution >= 0.6 is 11.8 Å². The third-order valence-corrected chi connectivity index (χ3v) is 4.45. The molecule has 1 heterocycles. The van der Waals surface area contributed by atoms with E-state index in [0.717, 1.165) is 19.5 Å². The molecule has 0 amide bonds. The summed E-state index contributed by atoms with van der Waals surface area (Å²) in [5, 5.41) is 0. The second-order valence-corrected chi connectivity index (χ2v) is 5.46. The number of hydrogen-bond acceptors (Lipinski definition) is 1. The van der Waals surface area contributed by atoms with Crippen molar-refractivity contribution in [1.82, 2.24) is 4.42 Å². The maximum Gasteiger partial charge on any atom is 0.0192 e. The van der Waals surface area contributed by atoms with E-state index in [1.54, 1.807) is 0 Å². The number of piperidine rings is 1. The van der Waals surface area contributed by atoms with Crippen LogP contribution in [0.4, 0.5) is 0 Å². The van der Waals surface area contributed by atoms with Gasteiger partial charge in [-0.15, -0.1) is 0 Å². The summed E-state index contributed by atoms with van der Waals surface area (Å²) in [6, 6.07) is 8.74. The van der Waals surface area contributed by atoms with Crippen LogP contribution in [0.1, 0.15) is 24.5 Å². The first-order valence-electron chi connectivity index (χ1n) is 5.92. The predicted molar refractivity (Wildman–Crippen MR) is 68.4 cm³/mol. The lowest BCUT2D eigenvalue weighted by Crippen LogP contribution is -2.43. The van der Waals surface area contributed by atoms with Gasteiger partial charge >= 0.3 is 0 Å². The summed E-state index contributed by atoms with van der Waals surface area (Å²) in [4.78, 5) is 0. The summed E-state index contributed by atoms with van der Waals surface area (Å²) in [6.07, 6.45) is 5.80. The third-order valence-electron chi connectivity index (χ3n) is 4.14. The first-order chi connectivity index (χ1) is 7.72. The molecule has 84 valence electrons. The molecule has 0 N–H and O–H groups in total. The van der Waals surface area contributed by atoms with Crippen molar-refractivity contribution < 1.29 is 0 Å². The number of halogens is 1. The van der Waals surface area contributed by atoms with Gasteiger partial charge in [-0.2, -0.15) is 0 Å². The summed E-state index contributed by atoms with van der Waals surface area (Å²) in [5.41, 5.74) is 3.12. The minimum atomic E-state index is 0.238. The molecule has 1 nitrogen and oxygen atoms in total. The SMILES string of the molecule is CC1CN(Cl)CCC12C=Cc1ccccc12. The Morgan fingerprint density at radius 1 is 1.38 bits per heavy atom. The Morgan fingerprint density at radius 3 is 3.00 bits per heavy atom. The van der Waals surface area contributed by atoms with Gasteiger partial charge in [0.05, 0.1) is 0 Å². The van der Waals surface area contributed by atoms with Gasteiger partial charge in [0.25, 0.3) is 0 Å². The molecule has 1 aliphatic heterocycles. The van der Waals surface area contributed by atoms with Crippen LogP contribution in [0.25, 0.3) is 6.08 Å². The molecule has 0 aromatic heterocycles. The van der Waals surface area contributed by atoms with E-state index in [9.17, 15) is 0 Å². The van der Waals surface area contributed by atoms with Crippen molar-refractivity contribution in [2.75, 3.05) is 13.1 Å². The Balaban J connectivity index is 2.05. The largest absolute Gasteiger partial charge is 0.220 e. The molecule has 0 bridgehead atoms. The van der Waals surface area contributed by atoms with Crippen LogP contribution in [0.3, 0.4) is 0 Å². The van der Waals surface area contributed by atoms with E-state index in [1.807, 2.05) is 4.42 Å². The van der Waals surface area contributed by atoms with Gasteiger partial charge in [-0.25, -0.2) is 4.42 Å². The van der Waals surface area contributed by atoms with Gasteiger partial charge in [0.1, 0.15) is 0 Å². The van der Waals surface area contributed by atoms with Gasteiger partial charge in [-0.3, -0.25) is 0 Å². The Hall–Kier alpha value is -0.790. The minimum absolute atomic E-state index is 0.238. The van der Waals surface area contributed by atoms with Gasteiger partial charge in [-0.1, -0.05) is 43.3 Å². The van der Waals surface area contributed by atoms with Crippen molar-refractivity contribution in [1.29, 1.82) is 0 Å². The molecule has 1 aromatic rings. The lowest BCUT2D eigenvalue weighted by atomic mass is 9.68. The second-order valence-electron chi connectivity index (χ2n) is 4.98. The molecule has 1 spiro atoms. The highest BCUT2D eigenvalue weighted by Gasteiger charge is 2.42. The van der Waals surface area contributed by atoms with Gasteiger partial charge in [0.15, 0.2) is 0 Å². The molecular weight excluding hydrogens is 218 g/mol. The topological polar surface area (TPSA) is 3.24 Å². The van der Waals surface area contributed by atoms with Crippen LogP contribution in [0.2, 0.25) is 0 Å². The monoisotopic (exact) mass is 233 g/mol. The van der Waals surface area contributed by atoms with Crippen LogP contribution in [0.15, 0.2) is 30.3 Å². The molecule has 0 saturated carbocycles. The molecule has 3 rings (SSSR count). The van der Waals surface area contributed by atoms with E-state index in [0.29, 0.717) is 5.92 Å². The Labute approximate surface area is 102 Å². The zero-order valence-corrected chi connectivity index (χ0v) is 10.2. The maximum absolute atomic E-state index is 6.11. The number of hydrogen-bond donors (Lipinski definition) is 0. The fourth-order valence-corrected chi connectivity index (χ4v) is 3.44. The number of nitrogens with zero attached hydrogens (tertiary/aromatic N) is 1. The molecule has 16 heavy (non-hydrogen) atoms. The van der Waals surface area contributed by atoms with Gasteiger partial charge < -0.3 is 0 Å². The van der Waals surface area contributed by atoms with Crippen molar-refractivity contribution in [2.45, 2.75) is 18.8 Å². The van der Waals surface area contributed by atoms with Crippen molar-refractivity contribution in [2.24, 2.45) is 5.92 Å². The molecule has 1 aromatic carbocycles. The van der Waals surface area contributed by atoms with Crippen molar-refractivity contribution in [3.8, 4) is 0 Å².